The van der Waals surface area contributed by atoms with Crippen LogP contribution in [0.1, 0.15) is 18.9 Å². The van der Waals surface area contributed by atoms with Crippen molar-refractivity contribution in [3.63, 3.8) is 0 Å². The summed E-state index contributed by atoms with van der Waals surface area (Å²) in [5.74, 6) is 0.175. The average Bonchev–Trinajstić information content (AvgIpc) is 2.44. The lowest BCUT2D eigenvalue weighted by Gasteiger charge is -2.26. The van der Waals surface area contributed by atoms with Crippen molar-refractivity contribution < 1.29 is 12.8 Å². The van der Waals surface area contributed by atoms with Gasteiger partial charge in [-0.3, -0.25) is 0 Å². The van der Waals surface area contributed by atoms with Gasteiger partial charge in [-0.15, -0.1) is 11.6 Å². The summed E-state index contributed by atoms with van der Waals surface area (Å²) >= 11 is 7.22. The van der Waals surface area contributed by atoms with Crippen LogP contribution in [-0.2, 0) is 15.9 Å². The van der Waals surface area contributed by atoms with Crippen molar-refractivity contribution in [2.24, 2.45) is 0 Å². The van der Waals surface area contributed by atoms with Gasteiger partial charge >= 0.3 is 0 Å². The minimum absolute atomic E-state index is 0.0546. The van der Waals surface area contributed by atoms with Crippen LogP contribution in [0.15, 0.2) is 23.1 Å². The molecule has 1 aromatic rings. The van der Waals surface area contributed by atoms with Crippen molar-refractivity contribution in [1.29, 1.82) is 0 Å². The Kier molecular flexibility index (Phi) is 6.78. The zero-order valence-corrected chi connectivity index (χ0v) is 14.2. The van der Waals surface area contributed by atoms with Gasteiger partial charge in [0, 0.05) is 24.4 Å². The Morgan fingerprint density at radius 2 is 2.10 bits per heavy atom. The number of rotatable bonds is 7. The van der Waals surface area contributed by atoms with E-state index in [0.29, 0.717) is 0 Å². The first-order valence-electron chi connectivity index (χ1n) is 6.19. The van der Waals surface area contributed by atoms with Crippen LogP contribution in [0.5, 0.6) is 0 Å². The molecule has 0 radical (unpaired) electrons. The summed E-state index contributed by atoms with van der Waals surface area (Å²) in [7, 11) is -2.07. The molecule has 0 amide bonds. The molecule has 0 aliphatic carbocycles. The molecular formula is C13H19ClFNO2S2. The van der Waals surface area contributed by atoms with E-state index >= 15 is 0 Å². The van der Waals surface area contributed by atoms with Gasteiger partial charge in [0.2, 0.25) is 10.0 Å². The predicted octanol–water partition coefficient (Wildman–Crippen LogP) is 3.33. The largest absolute Gasteiger partial charge is 0.243 e. The number of halogens is 2. The molecule has 0 spiro atoms. The second-order valence-electron chi connectivity index (χ2n) is 4.43. The third-order valence-corrected chi connectivity index (χ3v) is 6.09. The fourth-order valence-corrected chi connectivity index (χ4v) is 4.47. The first-order valence-corrected chi connectivity index (χ1v) is 9.56. The molecule has 0 aliphatic rings. The maximum atomic E-state index is 13.4. The van der Waals surface area contributed by atoms with Gasteiger partial charge in [-0.2, -0.15) is 16.1 Å². The molecule has 1 unspecified atom stereocenters. The van der Waals surface area contributed by atoms with Gasteiger partial charge in [-0.05, 0) is 30.9 Å². The van der Waals surface area contributed by atoms with E-state index in [2.05, 4.69) is 0 Å². The van der Waals surface area contributed by atoms with E-state index in [0.717, 1.165) is 18.2 Å². The molecule has 0 heterocycles. The molecule has 7 heteroatoms. The number of thioether (sulfide) groups is 1. The van der Waals surface area contributed by atoms with Crippen molar-refractivity contribution in [3.05, 3.63) is 29.6 Å². The lowest BCUT2D eigenvalue weighted by Crippen LogP contribution is -2.38. The smallest absolute Gasteiger partial charge is 0.207 e. The van der Waals surface area contributed by atoms with Gasteiger partial charge < -0.3 is 0 Å². The predicted molar refractivity (Wildman–Crippen MR) is 83.4 cm³/mol. The summed E-state index contributed by atoms with van der Waals surface area (Å²) < 4.78 is 39.8. The topological polar surface area (TPSA) is 37.4 Å². The van der Waals surface area contributed by atoms with Gasteiger partial charge in [0.15, 0.2) is 0 Å². The number of nitrogens with zero attached hydrogens (tertiary/aromatic N) is 1. The molecule has 0 fully saturated rings. The Morgan fingerprint density at radius 1 is 1.45 bits per heavy atom. The highest BCUT2D eigenvalue weighted by molar-refractivity contribution is 7.98. The minimum Gasteiger partial charge on any atom is -0.207 e. The van der Waals surface area contributed by atoms with Gasteiger partial charge in [0.25, 0.3) is 0 Å². The van der Waals surface area contributed by atoms with E-state index in [1.165, 1.54) is 16.4 Å². The zero-order valence-electron chi connectivity index (χ0n) is 11.8. The molecule has 0 bridgehead atoms. The van der Waals surface area contributed by atoms with Crippen LogP contribution in [-0.4, -0.2) is 37.8 Å². The number of sulfonamides is 1. The van der Waals surface area contributed by atoms with Crippen LogP contribution in [0.25, 0.3) is 0 Å². The Bertz CT molecular complexity index is 551. The summed E-state index contributed by atoms with van der Waals surface area (Å²) in [6, 6.07) is 3.65. The number of hydrogen-bond acceptors (Lipinski definition) is 3. The minimum atomic E-state index is -3.63. The van der Waals surface area contributed by atoms with Gasteiger partial charge in [0.1, 0.15) is 5.82 Å². The van der Waals surface area contributed by atoms with Crippen molar-refractivity contribution in [3.8, 4) is 0 Å². The summed E-state index contributed by atoms with van der Waals surface area (Å²) in [5, 5.41) is 0. The lowest BCUT2D eigenvalue weighted by molar-refractivity contribution is 0.385. The zero-order chi connectivity index (χ0) is 15.3. The maximum absolute atomic E-state index is 13.4. The molecule has 114 valence electrons. The molecular weight excluding hydrogens is 321 g/mol. The Labute approximate surface area is 129 Å². The van der Waals surface area contributed by atoms with Gasteiger partial charge in [-0.1, -0.05) is 6.92 Å². The van der Waals surface area contributed by atoms with Crippen molar-refractivity contribution in [2.45, 2.75) is 30.2 Å². The van der Waals surface area contributed by atoms with Crippen LogP contribution in [0.4, 0.5) is 4.39 Å². The van der Waals surface area contributed by atoms with E-state index in [-0.39, 0.29) is 22.4 Å². The highest BCUT2D eigenvalue weighted by Crippen LogP contribution is 2.22. The number of alkyl halides is 1. The number of hydrogen-bond donors (Lipinski definition) is 0. The molecule has 0 N–H and O–H groups in total. The molecule has 3 nitrogen and oxygen atoms in total. The first kappa shape index (κ1) is 17.8. The van der Waals surface area contributed by atoms with Crippen LogP contribution < -0.4 is 0 Å². The standard InChI is InChI=1S/C13H19ClFNO2S2/c1-4-11(9-19-3)16(2)20(17,18)12-5-6-13(15)10(7-12)8-14/h5-7,11H,4,8-9H2,1-3H3. The fraction of sp³-hybridized carbons (Fsp3) is 0.538. The summed E-state index contributed by atoms with van der Waals surface area (Å²) in [6.45, 7) is 1.95. The third kappa shape index (κ3) is 3.87. The van der Waals surface area contributed by atoms with Crippen LogP contribution in [0.2, 0.25) is 0 Å². The SMILES string of the molecule is CCC(CSC)N(C)S(=O)(=O)c1ccc(F)c(CCl)c1. The van der Waals surface area contributed by atoms with Gasteiger partial charge in [0.05, 0.1) is 10.8 Å². The second-order valence-corrected chi connectivity index (χ2v) is 7.60. The Morgan fingerprint density at radius 3 is 2.60 bits per heavy atom. The molecule has 1 rings (SSSR count). The average molecular weight is 340 g/mol. The molecule has 0 saturated carbocycles. The van der Waals surface area contributed by atoms with E-state index in [9.17, 15) is 12.8 Å². The highest BCUT2D eigenvalue weighted by atomic mass is 35.5. The van der Waals surface area contributed by atoms with E-state index in [1.807, 2.05) is 13.2 Å². The third-order valence-electron chi connectivity index (χ3n) is 3.18. The number of benzene rings is 1. The maximum Gasteiger partial charge on any atom is 0.243 e. The Hall–Kier alpha value is -0.300. The molecule has 0 aliphatic heterocycles. The second kappa shape index (κ2) is 7.64. The van der Waals surface area contributed by atoms with Crippen LogP contribution in [0, 0.1) is 5.82 Å². The summed E-state index contributed by atoms with van der Waals surface area (Å²) in [4.78, 5) is 0.0802. The van der Waals surface area contributed by atoms with Crippen LogP contribution >= 0.6 is 23.4 Å². The molecule has 1 atom stereocenters. The highest BCUT2D eigenvalue weighted by Gasteiger charge is 2.27. The molecule has 0 aromatic heterocycles. The summed E-state index contributed by atoms with van der Waals surface area (Å²) in [6.07, 6.45) is 2.66. The van der Waals surface area contributed by atoms with E-state index in [1.54, 1.807) is 18.8 Å². The van der Waals surface area contributed by atoms with Crippen molar-refractivity contribution in [2.75, 3.05) is 19.1 Å². The van der Waals surface area contributed by atoms with Gasteiger partial charge in [-0.25, -0.2) is 12.8 Å². The van der Waals surface area contributed by atoms with E-state index in [4.69, 9.17) is 11.6 Å². The fourth-order valence-electron chi connectivity index (χ4n) is 1.85. The summed E-state index contributed by atoms with van der Waals surface area (Å²) in [5.41, 5.74) is 0.194. The van der Waals surface area contributed by atoms with Crippen molar-refractivity contribution in [1.82, 2.24) is 4.31 Å². The molecule has 0 saturated heterocycles. The Balaban J connectivity index is 3.15. The van der Waals surface area contributed by atoms with Crippen molar-refractivity contribution >= 4 is 33.4 Å². The molecule has 20 heavy (non-hydrogen) atoms. The van der Waals surface area contributed by atoms with Crippen LogP contribution in [0.3, 0.4) is 0 Å². The lowest BCUT2D eigenvalue weighted by atomic mass is 10.2. The first-order chi connectivity index (χ1) is 9.38. The molecule has 1 aromatic carbocycles. The quantitative estimate of drug-likeness (QED) is 0.715. The van der Waals surface area contributed by atoms with E-state index < -0.39 is 15.8 Å². The normalized spacial score (nSPS) is 13.7. The monoisotopic (exact) mass is 339 g/mol.